The summed E-state index contributed by atoms with van der Waals surface area (Å²) in [5, 5.41) is 2.88. The lowest BCUT2D eigenvalue weighted by Crippen LogP contribution is -2.53. The zero-order chi connectivity index (χ0) is 31.0. The molecule has 1 unspecified atom stereocenters. The summed E-state index contributed by atoms with van der Waals surface area (Å²) in [6.45, 7) is 5.71. The molecule has 0 aliphatic rings. The van der Waals surface area contributed by atoms with Gasteiger partial charge in [-0.2, -0.15) is 0 Å². The molecule has 0 spiro atoms. The number of hydrogen-bond donors (Lipinski definition) is 1. The van der Waals surface area contributed by atoms with Crippen molar-refractivity contribution in [3.05, 3.63) is 130 Å². The Balaban J connectivity index is 1.78. The largest absolute Gasteiger partial charge is 0.355 e. The van der Waals surface area contributed by atoms with Gasteiger partial charge in [0.1, 0.15) is 12.6 Å². The number of sulfonamides is 1. The number of aryl methyl sites for hydroxylation is 2. The molecule has 4 rings (SSSR count). The second-order valence-electron chi connectivity index (χ2n) is 10.4. The third-order valence-electron chi connectivity index (χ3n) is 7.10. The molecule has 9 heteroatoms. The van der Waals surface area contributed by atoms with Crippen LogP contribution in [0.2, 0.25) is 0 Å². The van der Waals surface area contributed by atoms with Crippen LogP contribution in [0.3, 0.4) is 0 Å². The van der Waals surface area contributed by atoms with Crippen molar-refractivity contribution in [3.8, 4) is 0 Å². The van der Waals surface area contributed by atoms with E-state index in [1.165, 1.54) is 17.0 Å². The summed E-state index contributed by atoms with van der Waals surface area (Å²) in [7, 11) is -4.14. The van der Waals surface area contributed by atoms with Crippen LogP contribution in [-0.2, 0) is 32.6 Å². The molecule has 224 valence electrons. The van der Waals surface area contributed by atoms with Gasteiger partial charge >= 0.3 is 0 Å². The minimum Gasteiger partial charge on any atom is -0.355 e. The van der Waals surface area contributed by atoms with Crippen molar-refractivity contribution >= 4 is 43.5 Å². The maximum atomic E-state index is 14.4. The second-order valence-corrected chi connectivity index (χ2v) is 13.2. The minimum absolute atomic E-state index is 0.0727. The topological polar surface area (TPSA) is 86.8 Å². The smallest absolute Gasteiger partial charge is 0.264 e. The van der Waals surface area contributed by atoms with Gasteiger partial charge in [-0.15, -0.1) is 0 Å². The quantitative estimate of drug-likeness (QED) is 0.201. The lowest BCUT2D eigenvalue weighted by molar-refractivity contribution is -0.140. The highest BCUT2D eigenvalue weighted by Crippen LogP contribution is 2.27. The average molecular weight is 663 g/mol. The van der Waals surface area contributed by atoms with Gasteiger partial charge in [0.05, 0.1) is 10.6 Å². The standard InChI is InChI=1S/C34H36BrN3O4S/c1-4-36-34(40)32(22-27-8-6-5-7-9-27)37(23-28-14-10-25(2)11-15-28)33(39)24-38(30-18-16-29(35)17-19-30)43(41,42)31-20-12-26(3)13-21-31/h5-21,32H,4,22-24H2,1-3H3,(H,36,40). The predicted octanol–water partition coefficient (Wildman–Crippen LogP) is 6.04. The highest BCUT2D eigenvalue weighted by Gasteiger charge is 2.34. The first-order valence-electron chi connectivity index (χ1n) is 14.1. The van der Waals surface area contributed by atoms with Crippen molar-refractivity contribution < 1.29 is 18.0 Å². The summed E-state index contributed by atoms with van der Waals surface area (Å²) in [4.78, 5) is 29.5. The third-order valence-corrected chi connectivity index (χ3v) is 9.41. The molecule has 0 aliphatic heterocycles. The zero-order valence-corrected chi connectivity index (χ0v) is 26.9. The van der Waals surface area contributed by atoms with E-state index in [1.807, 2.05) is 75.4 Å². The fourth-order valence-corrected chi connectivity index (χ4v) is 6.39. The maximum Gasteiger partial charge on any atom is 0.264 e. The van der Waals surface area contributed by atoms with E-state index < -0.39 is 28.5 Å². The number of rotatable bonds is 12. The molecule has 0 heterocycles. The molecular weight excluding hydrogens is 626 g/mol. The van der Waals surface area contributed by atoms with Gasteiger partial charge in [0.25, 0.3) is 10.0 Å². The van der Waals surface area contributed by atoms with E-state index in [0.717, 1.165) is 31.0 Å². The van der Waals surface area contributed by atoms with Gasteiger partial charge in [0.15, 0.2) is 0 Å². The van der Waals surface area contributed by atoms with E-state index in [4.69, 9.17) is 0 Å². The Morgan fingerprint density at radius 1 is 0.791 bits per heavy atom. The summed E-state index contributed by atoms with van der Waals surface area (Å²) in [6.07, 6.45) is 0.271. The molecule has 0 aromatic heterocycles. The Morgan fingerprint density at radius 2 is 1.37 bits per heavy atom. The predicted molar refractivity (Wildman–Crippen MR) is 174 cm³/mol. The maximum absolute atomic E-state index is 14.4. The van der Waals surface area contributed by atoms with Gasteiger partial charge in [-0.3, -0.25) is 13.9 Å². The first kappa shape index (κ1) is 32.0. The highest BCUT2D eigenvalue weighted by atomic mass is 79.9. The highest BCUT2D eigenvalue weighted by molar-refractivity contribution is 9.10. The van der Waals surface area contributed by atoms with E-state index >= 15 is 0 Å². The van der Waals surface area contributed by atoms with E-state index in [0.29, 0.717) is 12.2 Å². The molecule has 1 N–H and O–H groups in total. The summed E-state index contributed by atoms with van der Waals surface area (Å²) in [5.74, 6) is -0.797. The van der Waals surface area contributed by atoms with Crippen LogP contribution < -0.4 is 9.62 Å². The molecule has 0 fully saturated rings. The summed E-state index contributed by atoms with van der Waals surface area (Å²) in [5.41, 5.74) is 4.04. The fourth-order valence-electron chi connectivity index (χ4n) is 4.71. The molecular formula is C34H36BrN3O4S. The lowest BCUT2D eigenvalue weighted by Gasteiger charge is -2.34. The Morgan fingerprint density at radius 3 is 1.95 bits per heavy atom. The molecule has 0 saturated heterocycles. The number of carbonyl (C=O) groups excluding carboxylic acids is 2. The fraction of sp³-hybridized carbons (Fsp3) is 0.235. The van der Waals surface area contributed by atoms with Gasteiger partial charge < -0.3 is 10.2 Å². The van der Waals surface area contributed by atoms with Crippen LogP contribution >= 0.6 is 15.9 Å². The third kappa shape index (κ3) is 8.33. The molecule has 2 amide bonds. The van der Waals surface area contributed by atoms with Crippen LogP contribution in [0, 0.1) is 13.8 Å². The number of benzene rings is 4. The molecule has 7 nitrogen and oxygen atoms in total. The molecule has 1 atom stereocenters. The van der Waals surface area contributed by atoms with Crippen LogP contribution in [0.4, 0.5) is 5.69 Å². The van der Waals surface area contributed by atoms with Gasteiger partial charge in [0.2, 0.25) is 11.8 Å². The van der Waals surface area contributed by atoms with Gasteiger partial charge in [-0.1, -0.05) is 93.8 Å². The molecule has 0 aliphatic carbocycles. The number of amides is 2. The van der Waals surface area contributed by atoms with Crippen LogP contribution in [-0.4, -0.2) is 44.3 Å². The summed E-state index contributed by atoms with van der Waals surface area (Å²) < 4.78 is 30.0. The van der Waals surface area contributed by atoms with E-state index in [2.05, 4.69) is 21.2 Å². The number of likely N-dealkylation sites (N-methyl/N-ethyl adjacent to an activating group) is 1. The van der Waals surface area contributed by atoms with Crippen molar-refractivity contribution in [1.82, 2.24) is 10.2 Å². The van der Waals surface area contributed by atoms with Crippen LogP contribution in [0.1, 0.15) is 29.2 Å². The van der Waals surface area contributed by atoms with Gasteiger partial charge in [-0.05, 0) is 68.3 Å². The van der Waals surface area contributed by atoms with Crippen molar-refractivity contribution in [3.63, 3.8) is 0 Å². The molecule has 4 aromatic rings. The number of halogens is 1. The minimum atomic E-state index is -4.14. The Hall–Kier alpha value is -3.95. The molecule has 43 heavy (non-hydrogen) atoms. The van der Waals surface area contributed by atoms with Crippen molar-refractivity contribution in [2.75, 3.05) is 17.4 Å². The van der Waals surface area contributed by atoms with E-state index in [9.17, 15) is 18.0 Å². The Bertz CT molecular complexity index is 1630. The lowest BCUT2D eigenvalue weighted by atomic mass is 10.0. The number of anilines is 1. The second kappa shape index (κ2) is 14.5. The first-order valence-corrected chi connectivity index (χ1v) is 16.3. The Kier molecular flexibility index (Phi) is 10.8. The van der Waals surface area contributed by atoms with Crippen LogP contribution in [0.15, 0.2) is 112 Å². The van der Waals surface area contributed by atoms with Crippen molar-refractivity contribution in [2.45, 2.75) is 44.7 Å². The molecule has 4 aromatic carbocycles. The van der Waals surface area contributed by atoms with Crippen LogP contribution in [0.5, 0.6) is 0 Å². The number of carbonyl (C=O) groups is 2. The van der Waals surface area contributed by atoms with E-state index in [1.54, 1.807) is 36.4 Å². The monoisotopic (exact) mass is 661 g/mol. The average Bonchev–Trinajstić information content (AvgIpc) is 3.00. The van der Waals surface area contributed by atoms with E-state index in [-0.39, 0.29) is 23.8 Å². The number of nitrogens with zero attached hydrogens (tertiary/aromatic N) is 2. The zero-order valence-electron chi connectivity index (χ0n) is 24.5. The number of hydrogen-bond acceptors (Lipinski definition) is 4. The van der Waals surface area contributed by atoms with Crippen molar-refractivity contribution in [1.29, 1.82) is 0 Å². The normalized spacial score (nSPS) is 11.9. The molecule has 0 bridgehead atoms. The van der Waals surface area contributed by atoms with Crippen molar-refractivity contribution in [2.24, 2.45) is 0 Å². The summed E-state index contributed by atoms with van der Waals surface area (Å²) >= 11 is 3.41. The molecule has 0 saturated carbocycles. The van der Waals surface area contributed by atoms with Gasteiger partial charge in [-0.25, -0.2) is 8.42 Å². The summed E-state index contributed by atoms with van der Waals surface area (Å²) in [6, 6.07) is 29.7. The van der Waals surface area contributed by atoms with Crippen LogP contribution in [0.25, 0.3) is 0 Å². The Labute approximate surface area is 262 Å². The SMILES string of the molecule is CCNC(=O)C(Cc1ccccc1)N(Cc1ccc(C)cc1)C(=O)CN(c1ccc(Br)cc1)S(=O)(=O)c1ccc(C)cc1. The number of nitrogens with one attached hydrogen (secondary N) is 1. The molecule has 0 radical (unpaired) electrons. The van der Waals surface area contributed by atoms with Gasteiger partial charge in [0, 0.05) is 24.0 Å². The first-order chi connectivity index (χ1) is 20.6.